The van der Waals surface area contributed by atoms with Crippen molar-refractivity contribution in [2.24, 2.45) is 5.73 Å². The molecule has 0 bridgehead atoms. The maximum absolute atomic E-state index is 11.8. The van der Waals surface area contributed by atoms with E-state index >= 15 is 0 Å². The van der Waals surface area contributed by atoms with Crippen molar-refractivity contribution in [2.45, 2.75) is 32.0 Å². The first-order valence-electron chi connectivity index (χ1n) is 6.04. The van der Waals surface area contributed by atoms with Gasteiger partial charge in [0.2, 0.25) is 11.8 Å². The van der Waals surface area contributed by atoms with E-state index in [9.17, 15) is 9.59 Å². The highest BCUT2D eigenvalue weighted by atomic mass is 16.2. The second-order valence-electron chi connectivity index (χ2n) is 4.35. The predicted molar refractivity (Wildman–Crippen MR) is 67.3 cm³/mol. The summed E-state index contributed by atoms with van der Waals surface area (Å²) in [4.78, 5) is 22.8. The van der Waals surface area contributed by atoms with Crippen molar-refractivity contribution in [3.8, 4) is 0 Å². The van der Waals surface area contributed by atoms with Crippen molar-refractivity contribution in [1.29, 1.82) is 0 Å². The van der Waals surface area contributed by atoms with Crippen LogP contribution in [0.3, 0.4) is 0 Å². The molecule has 1 aliphatic heterocycles. The average Bonchev–Trinajstić information content (AvgIpc) is 2.83. The minimum atomic E-state index is -0.387. The van der Waals surface area contributed by atoms with Gasteiger partial charge in [-0.25, -0.2) is 0 Å². The van der Waals surface area contributed by atoms with E-state index in [1.165, 1.54) is 0 Å². The first kappa shape index (κ1) is 12.6. The minimum absolute atomic E-state index is 0.0579. The van der Waals surface area contributed by atoms with Crippen LogP contribution in [0.4, 0.5) is 0 Å². The van der Waals surface area contributed by atoms with Crippen molar-refractivity contribution in [1.82, 2.24) is 10.6 Å². The lowest BCUT2D eigenvalue weighted by atomic mass is 10.1. The molecule has 5 nitrogen and oxygen atoms in total. The number of benzene rings is 1. The van der Waals surface area contributed by atoms with Gasteiger partial charge in [0.25, 0.3) is 0 Å². The fourth-order valence-corrected chi connectivity index (χ4v) is 2.05. The number of rotatable bonds is 4. The summed E-state index contributed by atoms with van der Waals surface area (Å²) in [7, 11) is 0. The molecule has 1 saturated heterocycles. The van der Waals surface area contributed by atoms with Crippen molar-refractivity contribution < 1.29 is 9.59 Å². The van der Waals surface area contributed by atoms with E-state index in [1.54, 1.807) is 0 Å². The predicted octanol–water partition coefficient (Wildman–Crippen LogP) is 0.0401. The van der Waals surface area contributed by atoms with Crippen LogP contribution < -0.4 is 16.4 Å². The molecule has 96 valence electrons. The summed E-state index contributed by atoms with van der Waals surface area (Å²) in [5, 5.41) is 5.47. The number of amides is 2. The van der Waals surface area contributed by atoms with Crippen LogP contribution in [-0.4, -0.2) is 17.9 Å². The lowest BCUT2D eigenvalue weighted by Crippen LogP contribution is -2.41. The molecule has 5 heteroatoms. The Kier molecular flexibility index (Phi) is 3.94. The van der Waals surface area contributed by atoms with Crippen LogP contribution in [0, 0.1) is 0 Å². The molecule has 1 unspecified atom stereocenters. The molecule has 1 aromatic rings. The second-order valence-corrected chi connectivity index (χ2v) is 4.35. The van der Waals surface area contributed by atoms with Crippen LogP contribution in [-0.2, 0) is 22.7 Å². The molecule has 0 radical (unpaired) electrons. The van der Waals surface area contributed by atoms with Gasteiger partial charge in [-0.15, -0.1) is 0 Å². The molecular weight excluding hydrogens is 230 g/mol. The van der Waals surface area contributed by atoms with Gasteiger partial charge >= 0.3 is 0 Å². The zero-order valence-corrected chi connectivity index (χ0v) is 10.1. The molecule has 2 rings (SSSR count). The molecule has 0 aliphatic carbocycles. The van der Waals surface area contributed by atoms with Gasteiger partial charge in [0.05, 0.1) is 0 Å². The maximum Gasteiger partial charge on any atom is 0.242 e. The van der Waals surface area contributed by atoms with E-state index in [1.807, 2.05) is 24.3 Å². The standard InChI is InChI=1S/C13H17N3O2/c14-7-9-3-1-2-4-10(9)8-15-13(18)11-5-6-12(17)16-11/h1-4,11H,5-8,14H2,(H,15,18)(H,16,17). The van der Waals surface area contributed by atoms with E-state index in [0.717, 1.165) is 11.1 Å². The molecule has 1 fully saturated rings. The minimum Gasteiger partial charge on any atom is -0.350 e. The lowest BCUT2D eigenvalue weighted by molar-refractivity contribution is -0.125. The van der Waals surface area contributed by atoms with Gasteiger partial charge < -0.3 is 16.4 Å². The Balaban J connectivity index is 1.91. The van der Waals surface area contributed by atoms with Crippen molar-refractivity contribution in [3.05, 3.63) is 35.4 Å². The van der Waals surface area contributed by atoms with Gasteiger partial charge in [-0.05, 0) is 17.5 Å². The van der Waals surface area contributed by atoms with Crippen LogP contribution in [0.5, 0.6) is 0 Å². The fourth-order valence-electron chi connectivity index (χ4n) is 2.05. The van der Waals surface area contributed by atoms with Crippen molar-refractivity contribution in [2.75, 3.05) is 0 Å². The molecule has 1 atom stereocenters. The highest BCUT2D eigenvalue weighted by Gasteiger charge is 2.26. The zero-order chi connectivity index (χ0) is 13.0. The zero-order valence-electron chi connectivity index (χ0n) is 10.1. The van der Waals surface area contributed by atoms with Crippen molar-refractivity contribution >= 4 is 11.8 Å². The largest absolute Gasteiger partial charge is 0.350 e. The van der Waals surface area contributed by atoms with E-state index in [2.05, 4.69) is 10.6 Å². The highest BCUT2D eigenvalue weighted by Crippen LogP contribution is 2.09. The SMILES string of the molecule is NCc1ccccc1CNC(=O)C1CCC(=O)N1. The lowest BCUT2D eigenvalue weighted by Gasteiger charge is -2.12. The quantitative estimate of drug-likeness (QED) is 0.702. The summed E-state index contributed by atoms with van der Waals surface area (Å²) >= 11 is 0. The Hall–Kier alpha value is -1.88. The number of nitrogens with one attached hydrogen (secondary N) is 2. The van der Waals surface area contributed by atoms with Crippen LogP contribution in [0.15, 0.2) is 24.3 Å². The first-order valence-corrected chi connectivity index (χ1v) is 6.04. The van der Waals surface area contributed by atoms with Gasteiger partial charge in [0.15, 0.2) is 0 Å². The van der Waals surface area contributed by atoms with Gasteiger partial charge in [-0.1, -0.05) is 24.3 Å². The third-order valence-corrected chi connectivity index (χ3v) is 3.10. The Labute approximate surface area is 106 Å². The van der Waals surface area contributed by atoms with Crippen LogP contribution in [0.1, 0.15) is 24.0 Å². The first-order chi connectivity index (χ1) is 8.70. The summed E-state index contributed by atoms with van der Waals surface area (Å²) in [5.74, 6) is -0.190. The second kappa shape index (κ2) is 5.64. The van der Waals surface area contributed by atoms with Gasteiger partial charge in [-0.3, -0.25) is 9.59 Å². The molecule has 0 spiro atoms. The number of carbonyl (C=O) groups excluding carboxylic acids is 2. The maximum atomic E-state index is 11.8. The van der Waals surface area contributed by atoms with Crippen LogP contribution in [0.2, 0.25) is 0 Å². The molecule has 0 aromatic heterocycles. The average molecular weight is 247 g/mol. The summed E-state index contributed by atoms with van der Waals surface area (Å²) in [6.07, 6.45) is 1.00. The number of hydrogen-bond acceptors (Lipinski definition) is 3. The summed E-state index contributed by atoms with van der Waals surface area (Å²) < 4.78 is 0. The monoisotopic (exact) mass is 247 g/mol. The molecule has 0 saturated carbocycles. The van der Waals surface area contributed by atoms with E-state index in [4.69, 9.17) is 5.73 Å². The number of nitrogens with two attached hydrogens (primary N) is 1. The Bertz CT molecular complexity index is 459. The molecular formula is C13H17N3O2. The van der Waals surface area contributed by atoms with Gasteiger partial charge in [0.1, 0.15) is 6.04 Å². The number of carbonyl (C=O) groups is 2. The molecule has 18 heavy (non-hydrogen) atoms. The topological polar surface area (TPSA) is 84.2 Å². The summed E-state index contributed by atoms with van der Waals surface area (Å²) in [6, 6.07) is 7.33. The normalized spacial score (nSPS) is 18.5. The van der Waals surface area contributed by atoms with Crippen LogP contribution >= 0.6 is 0 Å². The Morgan fingerprint density at radius 1 is 1.39 bits per heavy atom. The fraction of sp³-hybridized carbons (Fsp3) is 0.385. The van der Waals surface area contributed by atoms with E-state index < -0.39 is 0 Å². The molecule has 1 aliphatic rings. The third kappa shape index (κ3) is 2.87. The van der Waals surface area contributed by atoms with Gasteiger partial charge in [-0.2, -0.15) is 0 Å². The van der Waals surface area contributed by atoms with E-state index in [0.29, 0.717) is 25.9 Å². The Morgan fingerprint density at radius 3 is 2.72 bits per heavy atom. The Morgan fingerprint density at radius 2 is 2.11 bits per heavy atom. The highest BCUT2D eigenvalue weighted by molar-refractivity contribution is 5.90. The van der Waals surface area contributed by atoms with Crippen molar-refractivity contribution in [3.63, 3.8) is 0 Å². The molecule has 4 N–H and O–H groups in total. The summed E-state index contributed by atoms with van der Waals surface area (Å²) in [5.41, 5.74) is 7.66. The molecule has 1 aromatic carbocycles. The molecule has 2 amide bonds. The summed E-state index contributed by atoms with van der Waals surface area (Å²) in [6.45, 7) is 0.894. The third-order valence-electron chi connectivity index (χ3n) is 3.10. The van der Waals surface area contributed by atoms with Gasteiger partial charge in [0, 0.05) is 19.5 Å². The smallest absolute Gasteiger partial charge is 0.242 e. The van der Waals surface area contributed by atoms with E-state index in [-0.39, 0.29) is 17.9 Å². The number of hydrogen-bond donors (Lipinski definition) is 3. The molecule has 1 heterocycles. The van der Waals surface area contributed by atoms with Crippen LogP contribution in [0.25, 0.3) is 0 Å².